The van der Waals surface area contributed by atoms with Crippen molar-refractivity contribution in [3.63, 3.8) is 0 Å². The molecule has 19 heavy (non-hydrogen) atoms. The number of nitrogens with one attached hydrogen (secondary N) is 1. The number of rotatable bonds is 2. The molecule has 3 rings (SSSR count). The first-order chi connectivity index (χ1) is 9.11. The van der Waals surface area contributed by atoms with E-state index in [1.165, 1.54) is 0 Å². The Hall–Kier alpha value is -2.63. The van der Waals surface area contributed by atoms with Gasteiger partial charge in [0.05, 0.1) is 0 Å². The van der Waals surface area contributed by atoms with E-state index in [-0.39, 0.29) is 5.91 Å². The molecular weight excluding hydrogens is 246 g/mol. The van der Waals surface area contributed by atoms with Crippen LogP contribution in [-0.4, -0.2) is 16.0 Å². The summed E-state index contributed by atoms with van der Waals surface area (Å²) in [4.78, 5) is 16.2. The second-order valence-electron chi connectivity index (χ2n) is 4.19. The number of anilines is 1. The molecule has 6 heteroatoms. The van der Waals surface area contributed by atoms with Gasteiger partial charge < -0.3 is 14.3 Å². The molecule has 0 saturated carbocycles. The molecule has 1 aromatic carbocycles. The summed E-state index contributed by atoms with van der Waals surface area (Å²) < 4.78 is 10.2. The van der Waals surface area contributed by atoms with Crippen molar-refractivity contribution in [2.45, 2.75) is 13.8 Å². The normalized spacial score (nSPS) is 10.8. The molecule has 2 heterocycles. The number of aryl methyl sites for hydroxylation is 2. The number of aromatic nitrogens is 2. The van der Waals surface area contributed by atoms with Gasteiger partial charge in [0.2, 0.25) is 0 Å². The third-order valence-corrected chi connectivity index (χ3v) is 2.63. The molecule has 0 aliphatic rings. The molecule has 0 unspecified atom stereocenters. The van der Waals surface area contributed by atoms with Gasteiger partial charge in [-0.3, -0.25) is 4.79 Å². The van der Waals surface area contributed by atoms with E-state index >= 15 is 0 Å². The van der Waals surface area contributed by atoms with E-state index in [0.29, 0.717) is 34.1 Å². The minimum absolute atomic E-state index is 0.268. The zero-order valence-electron chi connectivity index (χ0n) is 10.4. The highest BCUT2D eigenvalue weighted by Crippen LogP contribution is 2.17. The van der Waals surface area contributed by atoms with Crippen LogP contribution >= 0.6 is 0 Å². The topological polar surface area (TPSA) is 81.2 Å². The van der Waals surface area contributed by atoms with E-state index in [1.807, 2.05) is 0 Å². The maximum atomic E-state index is 12.0. The van der Waals surface area contributed by atoms with Crippen molar-refractivity contribution in [2.75, 3.05) is 5.32 Å². The maximum absolute atomic E-state index is 12.0. The summed E-state index contributed by atoms with van der Waals surface area (Å²) in [6.45, 7) is 3.52. The van der Waals surface area contributed by atoms with Crippen LogP contribution in [0, 0.1) is 13.8 Å². The van der Waals surface area contributed by atoms with E-state index < -0.39 is 0 Å². The lowest BCUT2D eigenvalue weighted by atomic mass is 10.2. The molecule has 0 atom stereocenters. The first-order valence-corrected chi connectivity index (χ1v) is 5.74. The molecule has 0 spiro atoms. The first kappa shape index (κ1) is 11.5. The highest BCUT2D eigenvalue weighted by Gasteiger charge is 2.11. The lowest BCUT2D eigenvalue weighted by Gasteiger charge is -2.00. The smallest absolute Gasteiger partial charge is 0.256 e. The van der Waals surface area contributed by atoms with Crippen molar-refractivity contribution in [3.8, 4) is 0 Å². The van der Waals surface area contributed by atoms with Crippen molar-refractivity contribution in [3.05, 3.63) is 41.5 Å². The van der Waals surface area contributed by atoms with Crippen LogP contribution in [0.5, 0.6) is 0 Å². The molecule has 1 amide bonds. The molecule has 0 saturated heterocycles. The van der Waals surface area contributed by atoms with Crippen molar-refractivity contribution >= 4 is 22.8 Å². The summed E-state index contributed by atoms with van der Waals surface area (Å²) in [6.07, 6.45) is 0. The molecule has 6 nitrogen and oxygen atoms in total. The predicted molar refractivity (Wildman–Crippen MR) is 67.9 cm³/mol. The van der Waals surface area contributed by atoms with Crippen LogP contribution in [0.2, 0.25) is 0 Å². The van der Waals surface area contributed by atoms with Crippen LogP contribution in [0.3, 0.4) is 0 Å². The van der Waals surface area contributed by atoms with Crippen LogP contribution in [0.4, 0.5) is 5.82 Å². The van der Waals surface area contributed by atoms with Crippen molar-refractivity contribution < 1.29 is 13.7 Å². The summed E-state index contributed by atoms with van der Waals surface area (Å²) in [7, 11) is 0. The number of hydrogen-bond donors (Lipinski definition) is 1. The van der Waals surface area contributed by atoms with Crippen LogP contribution in [-0.2, 0) is 0 Å². The zero-order valence-corrected chi connectivity index (χ0v) is 10.4. The Bertz CT molecular complexity index is 757. The lowest BCUT2D eigenvalue weighted by Crippen LogP contribution is -2.11. The molecule has 96 valence electrons. The third kappa shape index (κ3) is 2.20. The Labute approximate surface area is 108 Å². The van der Waals surface area contributed by atoms with Gasteiger partial charge in [-0.1, -0.05) is 5.16 Å². The van der Waals surface area contributed by atoms with E-state index in [1.54, 1.807) is 38.1 Å². The Morgan fingerprint density at radius 2 is 2.11 bits per heavy atom. The standard InChI is InChI=1S/C13H11N3O3/c1-7-5-12(16-19-7)15-13(17)9-3-4-11-10(6-9)14-8(2)18-11/h3-6H,1-2H3,(H,15,16,17). The molecular formula is C13H11N3O3. The van der Waals surface area contributed by atoms with Crippen LogP contribution < -0.4 is 5.32 Å². The Morgan fingerprint density at radius 1 is 1.26 bits per heavy atom. The van der Waals surface area contributed by atoms with E-state index in [9.17, 15) is 4.79 Å². The number of hydrogen-bond acceptors (Lipinski definition) is 5. The van der Waals surface area contributed by atoms with Gasteiger partial charge in [0.25, 0.3) is 5.91 Å². The second-order valence-corrected chi connectivity index (χ2v) is 4.19. The lowest BCUT2D eigenvalue weighted by molar-refractivity contribution is 0.102. The predicted octanol–water partition coefficient (Wildman–Crippen LogP) is 2.68. The fraction of sp³-hybridized carbons (Fsp3) is 0.154. The molecule has 2 aromatic heterocycles. The van der Waals surface area contributed by atoms with Crippen LogP contribution in [0.15, 0.2) is 33.2 Å². The number of oxazole rings is 1. The Morgan fingerprint density at radius 3 is 2.84 bits per heavy atom. The van der Waals surface area contributed by atoms with Gasteiger partial charge in [0, 0.05) is 18.6 Å². The zero-order chi connectivity index (χ0) is 13.4. The van der Waals surface area contributed by atoms with Crippen molar-refractivity contribution in [1.82, 2.24) is 10.1 Å². The van der Waals surface area contributed by atoms with Crippen molar-refractivity contribution in [2.24, 2.45) is 0 Å². The highest BCUT2D eigenvalue weighted by atomic mass is 16.5. The summed E-state index contributed by atoms with van der Waals surface area (Å²) in [5.74, 6) is 1.33. The minimum atomic E-state index is -0.268. The van der Waals surface area contributed by atoms with Gasteiger partial charge in [-0.25, -0.2) is 4.98 Å². The van der Waals surface area contributed by atoms with Gasteiger partial charge in [-0.2, -0.15) is 0 Å². The first-order valence-electron chi connectivity index (χ1n) is 5.74. The fourth-order valence-electron chi connectivity index (χ4n) is 1.80. The maximum Gasteiger partial charge on any atom is 0.256 e. The average Bonchev–Trinajstić information content (AvgIpc) is 2.93. The summed E-state index contributed by atoms with van der Waals surface area (Å²) in [5.41, 5.74) is 1.80. The minimum Gasteiger partial charge on any atom is -0.441 e. The number of benzene rings is 1. The summed E-state index contributed by atoms with van der Waals surface area (Å²) >= 11 is 0. The molecule has 0 radical (unpaired) electrons. The van der Waals surface area contributed by atoms with Gasteiger partial charge in [-0.15, -0.1) is 0 Å². The van der Waals surface area contributed by atoms with Gasteiger partial charge >= 0.3 is 0 Å². The van der Waals surface area contributed by atoms with Gasteiger partial charge in [0.15, 0.2) is 17.3 Å². The molecule has 0 aliphatic heterocycles. The number of amides is 1. The van der Waals surface area contributed by atoms with Gasteiger partial charge in [-0.05, 0) is 25.1 Å². The number of carbonyl (C=O) groups is 1. The van der Waals surface area contributed by atoms with Crippen LogP contribution in [0.25, 0.3) is 11.1 Å². The van der Waals surface area contributed by atoms with Crippen molar-refractivity contribution in [1.29, 1.82) is 0 Å². The van der Waals surface area contributed by atoms with Gasteiger partial charge in [0.1, 0.15) is 11.3 Å². The van der Waals surface area contributed by atoms with Crippen LogP contribution in [0.1, 0.15) is 22.0 Å². The molecule has 0 aliphatic carbocycles. The molecule has 0 bridgehead atoms. The number of carbonyl (C=O) groups excluding carboxylic acids is 1. The monoisotopic (exact) mass is 257 g/mol. The van der Waals surface area contributed by atoms with E-state index in [0.717, 1.165) is 0 Å². The van der Waals surface area contributed by atoms with E-state index in [2.05, 4.69) is 15.5 Å². The third-order valence-electron chi connectivity index (χ3n) is 2.63. The Balaban J connectivity index is 1.88. The highest BCUT2D eigenvalue weighted by molar-refractivity contribution is 6.05. The summed E-state index contributed by atoms with van der Waals surface area (Å²) in [6, 6.07) is 6.72. The molecule has 3 aromatic rings. The molecule has 0 fully saturated rings. The SMILES string of the molecule is Cc1cc(NC(=O)c2ccc3oc(C)nc3c2)no1. The second kappa shape index (κ2) is 4.24. The summed E-state index contributed by atoms with van der Waals surface area (Å²) in [5, 5.41) is 6.35. The average molecular weight is 257 g/mol. The van der Waals surface area contributed by atoms with E-state index in [4.69, 9.17) is 8.94 Å². The number of fused-ring (bicyclic) bond motifs is 1. The largest absolute Gasteiger partial charge is 0.441 e. The Kier molecular flexibility index (Phi) is 2.56. The molecule has 1 N–H and O–H groups in total. The fourth-order valence-corrected chi connectivity index (χ4v) is 1.80. The quantitative estimate of drug-likeness (QED) is 0.763. The number of nitrogens with zero attached hydrogens (tertiary/aromatic N) is 2.